The Morgan fingerprint density at radius 2 is 2.03 bits per heavy atom. The molecule has 7 nitrogen and oxygen atoms in total. The maximum Gasteiger partial charge on any atom is 0.226 e. The van der Waals surface area contributed by atoms with Crippen molar-refractivity contribution in [2.24, 2.45) is 0 Å². The molecule has 146 valence electrons. The lowest BCUT2D eigenvalue weighted by molar-refractivity contribution is -0.116. The van der Waals surface area contributed by atoms with Crippen LogP contribution in [0.25, 0.3) is 11.4 Å². The fourth-order valence-electron chi connectivity index (χ4n) is 4.10. The molecule has 2 heterocycles. The highest BCUT2D eigenvalue weighted by atomic mass is 16.5. The third-order valence-electron chi connectivity index (χ3n) is 5.40. The lowest BCUT2D eigenvalue weighted by Crippen LogP contribution is -2.31. The van der Waals surface area contributed by atoms with E-state index < -0.39 is 6.04 Å². The van der Waals surface area contributed by atoms with Crippen LogP contribution >= 0.6 is 0 Å². The summed E-state index contributed by atoms with van der Waals surface area (Å²) in [4.78, 5) is 17.5. The number of aromatic hydroxyl groups is 1. The molecular formula is C22H20N4O3. The van der Waals surface area contributed by atoms with Gasteiger partial charge < -0.3 is 15.2 Å². The molecule has 29 heavy (non-hydrogen) atoms. The van der Waals surface area contributed by atoms with Gasteiger partial charge in [-0.2, -0.15) is 4.98 Å². The number of phenols is 1. The molecule has 2 N–H and O–H groups in total. The number of carbonyl (C=O) groups excluding carboxylic acids is 1. The third-order valence-corrected chi connectivity index (χ3v) is 5.40. The van der Waals surface area contributed by atoms with E-state index in [0.29, 0.717) is 29.5 Å². The molecule has 2 aromatic carbocycles. The average molecular weight is 388 g/mol. The summed E-state index contributed by atoms with van der Waals surface area (Å²) >= 11 is 0. The van der Waals surface area contributed by atoms with Gasteiger partial charge in [0.1, 0.15) is 17.5 Å². The minimum absolute atomic E-state index is 0.104. The van der Waals surface area contributed by atoms with Crippen molar-refractivity contribution in [1.82, 2.24) is 14.8 Å². The Labute approximate surface area is 167 Å². The van der Waals surface area contributed by atoms with Crippen LogP contribution in [0.3, 0.4) is 0 Å². The number of hydrogen-bond acceptors (Lipinski definition) is 6. The second-order valence-corrected chi connectivity index (χ2v) is 7.20. The molecule has 3 aromatic rings. The molecule has 0 radical (unpaired) electrons. The largest absolute Gasteiger partial charge is 0.508 e. The molecule has 0 amide bonds. The summed E-state index contributed by atoms with van der Waals surface area (Å²) in [6.45, 7) is 0. The normalized spacial score (nSPS) is 18.1. The summed E-state index contributed by atoms with van der Waals surface area (Å²) in [5.74, 6) is 2.03. The van der Waals surface area contributed by atoms with Crippen molar-refractivity contribution in [3.63, 3.8) is 0 Å². The van der Waals surface area contributed by atoms with Crippen LogP contribution in [0.1, 0.15) is 30.9 Å². The van der Waals surface area contributed by atoms with Gasteiger partial charge in [0.05, 0.1) is 12.7 Å². The number of aromatic nitrogens is 3. The van der Waals surface area contributed by atoms with Gasteiger partial charge in [-0.25, -0.2) is 4.68 Å². The van der Waals surface area contributed by atoms with Crippen LogP contribution < -0.4 is 10.1 Å². The van der Waals surface area contributed by atoms with Crippen molar-refractivity contribution in [3.05, 3.63) is 65.4 Å². The van der Waals surface area contributed by atoms with Crippen LogP contribution in [0.5, 0.6) is 11.5 Å². The van der Waals surface area contributed by atoms with Gasteiger partial charge >= 0.3 is 0 Å². The van der Waals surface area contributed by atoms with Crippen molar-refractivity contribution in [2.75, 3.05) is 12.4 Å². The molecule has 7 heteroatoms. The summed E-state index contributed by atoms with van der Waals surface area (Å²) in [5, 5.41) is 18.1. The third kappa shape index (κ3) is 2.86. The summed E-state index contributed by atoms with van der Waals surface area (Å²) in [7, 11) is 1.61. The number of para-hydroxylation sites is 1. The fourth-order valence-corrected chi connectivity index (χ4v) is 4.10. The SMILES string of the molecule is COc1ccccc1-c1nc2n(n1)C(c1cccc(O)c1)C1=C(CCCC1=O)N2. The zero-order chi connectivity index (χ0) is 20.0. The van der Waals surface area contributed by atoms with Crippen LogP contribution in [0.4, 0.5) is 5.95 Å². The molecule has 0 saturated heterocycles. The lowest BCUT2D eigenvalue weighted by atomic mass is 9.85. The molecule has 0 spiro atoms. The first-order valence-corrected chi connectivity index (χ1v) is 9.58. The van der Waals surface area contributed by atoms with Gasteiger partial charge in [-0.1, -0.05) is 24.3 Å². The maximum absolute atomic E-state index is 12.8. The number of phenolic OH excluding ortho intramolecular Hbond substituents is 1. The first kappa shape index (κ1) is 17.5. The van der Waals surface area contributed by atoms with Crippen LogP contribution in [0, 0.1) is 0 Å². The fraction of sp³-hybridized carbons (Fsp3) is 0.227. The summed E-state index contributed by atoms with van der Waals surface area (Å²) in [6, 6.07) is 14.1. The molecule has 1 aliphatic carbocycles. The first-order chi connectivity index (χ1) is 14.2. The van der Waals surface area contributed by atoms with E-state index in [2.05, 4.69) is 5.32 Å². The number of hydrogen-bond donors (Lipinski definition) is 2. The Bertz CT molecular complexity index is 1150. The summed E-state index contributed by atoms with van der Waals surface area (Å²) in [5.41, 5.74) is 3.16. The number of ketones is 1. The minimum atomic E-state index is -0.433. The molecule has 1 aromatic heterocycles. The van der Waals surface area contributed by atoms with E-state index in [9.17, 15) is 9.90 Å². The Morgan fingerprint density at radius 1 is 1.17 bits per heavy atom. The Morgan fingerprint density at radius 3 is 2.86 bits per heavy atom. The van der Waals surface area contributed by atoms with Gasteiger partial charge in [-0.05, 0) is 42.7 Å². The van der Waals surface area contributed by atoms with E-state index >= 15 is 0 Å². The van der Waals surface area contributed by atoms with Gasteiger partial charge in [0.15, 0.2) is 11.6 Å². The highest BCUT2D eigenvalue weighted by molar-refractivity contribution is 5.99. The molecular weight excluding hydrogens is 368 g/mol. The predicted molar refractivity (Wildman–Crippen MR) is 108 cm³/mol. The summed E-state index contributed by atoms with van der Waals surface area (Å²) < 4.78 is 7.20. The zero-order valence-electron chi connectivity index (χ0n) is 15.9. The van der Waals surface area contributed by atoms with Gasteiger partial charge in [0.2, 0.25) is 5.95 Å². The molecule has 1 unspecified atom stereocenters. The number of benzene rings is 2. The highest BCUT2D eigenvalue weighted by Gasteiger charge is 2.37. The minimum Gasteiger partial charge on any atom is -0.508 e. The Hall–Kier alpha value is -3.61. The number of ether oxygens (including phenoxy) is 1. The number of Topliss-reactive ketones (excluding diaryl/α,β-unsaturated/α-hetero) is 1. The number of nitrogens with one attached hydrogen (secondary N) is 1. The molecule has 2 aliphatic rings. The van der Waals surface area contributed by atoms with E-state index in [0.717, 1.165) is 29.7 Å². The van der Waals surface area contributed by atoms with E-state index in [4.69, 9.17) is 14.8 Å². The number of nitrogens with zero attached hydrogens (tertiary/aromatic N) is 3. The molecule has 5 rings (SSSR count). The number of carbonyl (C=O) groups is 1. The Kier molecular flexibility index (Phi) is 4.08. The Balaban J connectivity index is 1.70. The van der Waals surface area contributed by atoms with Gasteiger partial charge in [0.25, 0.3) is 0 Å². The van der Waals surface area contributed by atoms with Gasteiger partial charge in [0, 0.05) is 17.7 Å². The van der Waals surface area contributed by atoms with E-state index in [-0.39, 0.29) is 11.5 Å². The highest BCUT2D eigenvalue weighted by Crippen LogP contribution is 2.41. The first-order valence-electron chi connectivity index (χ1n) is 9.58. The molecule has 0 fully saturated rings. The molecule has 0 bridgehead atoms. The molecule has 0 saturated carbocycles. The van der Waals surface area contributed by atoms with Crippen LogP contribution in [0.2, 0.25) is 0 Å². The molecule has 1 atom stereocenters. The zero-order valence-corrected chi connectivity index (χ0v) is 15.9. The number of methoxy groups -OCH3 is 1. The van der Waals surface area contributed by atoms with Crippen molar-refractivity contribution < 1.29 is 14.6 Å². The predicted octanol–water partition coefficient (Wildman–Crippen LogP) is 3.68. The van der Waals surface area contributed by atoms with Crippen molar-refractivity contribution in [2.45, 2.75) is 25.3 Å². The van der Waals surface area contributed by atoms with Crippen LogP contribution in [-0.4, -0.2) is 32.8 Å². The van der Waals surface area contributed by atoms with E-state index in [1.54, 1.807) is 30.0 Å². The monoisotopic (exact) mass is 388 g/mol. The van der Waals surface area contributed by atoms with Crippen molar-refractivity contribution >= 4 is 11.7 Å². The standard InChI is InChI=1S/C22H20N4O3/c1-29-18-11-3-2-8-15(18)21-24-22-23-16-9-5-10-17(28)19(16)20(26(22)25-21)13-6-4-7-14(27)12-13/h2-4,6-8,11-12,20,27H,5,9-10H2,1H3,(H,23,24,25). The second kappa shape index (κ2) is 6.77. The van der Waals surface area contributed by atoms with Crippen LogP contribution in [-0.2, 0) is 4.79 Å². The lowest BCUT2D eigenvalue weighted by Gasteiger charge is -2.32. The maximum atomic E-state index is 12.8. The number of allylic oxidation sites excluding steroid dienone is 2. The van der Waals surface area contributed by atoms with E-state index in [1.165, 1.54) is 0 Å². The quantitative estimate of drug-likeness (QED) is 0.711. The summed E-state index contributed by atoms with van der Waals surface area (Å²) in [6.07, 6.45) is 2.11. The van der Waals surface area contributed by atoms with Crippen molar-refractivity contribution in [1.29, 1.82) is 0 Å². The van der Waals surface area contributed by atoms with Gasteiger partial charge in [-0.15, -0.1) is 5.10 Å². The number of rotatable bonds is 3. The second-order valence-electron chi connectivity index (χ2n) is 7.20. The van der Waals surface area contributed by atoms with Crippen molar-refractivity contribution in [3.8, 4) is 22.9 Å². The molecule has 1 aliphatic heterocycles. The van der Waals surface area contributed by atoms with E-state index in [1.807, 2.05) is 30.3 Å². The van der Waals surface area contributed by atoms with Crippen LogP contribution in [0.15, 0.2) is 59.8 Å². The average Bonchev–Trinajstić information content (AvgIpc) is 3.16. The smallest absolute Gasteiger partial charge is 0.226 e. The van der Waals surface area contributed by atoms with Gasteiger partial charge in [-0.3, -0.25) is 4.79 Å². The number of fused-ring (bicyclic) bond motifs is 1. The number of anilines is 1. The topological polar surface area (TPSA) is 89.3 Å².